The number of imidazole rings is 1. The van der Waals surface area contributed by atoms with Gasteiger partial charge < -0.3 is 9.47 Å². The second-order valence-corrected chi connectivity index (χ2v) is 5.83. The predicted molar refractivity (Wildman–Crippen MR) is 84.0 cm³/mol. The highest BCUT2D eigenvalue weighted by molar-refractivity contribution is 5.77. The molecule has 1 aliphatic heterocycles. The van der Waals surface area contributed by atoms with Gasteiger partial charge in [0.15, 0.2) is 0 Å². The summed E-state index contributed by atoms with van der Waals surface area (Å²) in [6.45, 7) is 5.71. The predicted octanol–water partition coefficient (Wildman–Crippen LogP) is 3.52. The van der Waals surface area contributed by atoms with Crippen molar-refractivity contribution in [3.63, 3.8) is 0 Å². The Labute approximate surface area is 125 Å². The van der Waals surface area contributed by atoms with Gasteiger partial charge in [0, 0.05) is 20.0 Å². The summed E-state index contributed by atoms with van der Waals surface area (Å²) < 4.78 is 2.32. The minimum Gasteiger partial charge on any atom is -0.333 e. The smallest absolute Gasteiger partial charge is 0.220 e. The summed E-state index contributed by atoms with van der Waals surface area (Å²) in [6, 6.07) is 8.43. The number of carbonyl (C=O) groups excluding carboxylic acids is 1. The number of carbonyl (C=O) groups is 1. The lowest BCUT2D eigenvalue weighted by Gasteiger charge is -2.23. The minimum absolute atomic E-state index is 0.145. The molecule has 0 spiro atoms. The number of amides is 1. The molecule has 1 atom stereocenters. The highest BCUT2D eigenvalue weighted by Crippen LogP contribution is 2.33. The second-order valence-electron chi connectivity index (χ2n) is 5.83. The van der Waals surface area contributed by atoms with Gasteiger partial charge in [0.25, 0.3) is 0 Å². The van der Waals surface area contributed by atoms with E-state index in [1.54, 1.807) is 6.92 Å². The molecule has 0 bridgehead atoms. The number of fused-ring (bicyclic) bond motifs is 1. The fourth-order valence-electron chi connectivity index (χ4n) is 3.31. The molecule has 4 nitrogen and oxygen atoms in total. The molecule has 1 aromatic carbocycles. The van der Waals surface area contributed by atoms with E-state index in [4.69, 9.17) is 4.98 Å². The number of likely N-dealkylation sites (tertiary alicyclic amines) is 1. The van der Waals surface area contributed by atoms with Gasteiger partial charge in [-0.2, -0.15) is 0 Å². The van der Waals surface area contributed by atoms with E-state index in [2.05, 4.69) is 29.7 Å². The van der Waals surface area contributed by atoms with Gasteiger partial charge in [-0.15, -0.1) is 0 Å². The number of aryl methyl sites for hydroxylation is 1. The molecule has 2 aromatic rings. The molecule has 0 unspecified atom stereocenters. The molecule has 1 amide bonds. The Morgan fingerprint density at radius 3 is 2.95 bits per heavy atom. The fraction of sp³-hybridized carbons (Fsp3) is 0.529. The molecule has 0 radical (unpaired) electrons. The summed E-state index contributed by atoms with van der Waals surface area (Å²) in [5.41, 5.74) is 2.23. The number of unbranched alkanes of at least 4 members (excludes halogenated alkanes) is 1. The van der Waals surface area contributed by atoms with Gasteiger partial charge in [-0.3, -0.25) is 4.79 Å². The molecule has 0 N–H and O–H groups in total. The molecular formula is C17H23N3O. The van der Waals surface area contributed by atoms with Crippen LogP contribution in [0.3, 0.4) is 0 Å². The van der Waals surface area contributed by atoms with Crippen LogP contribution in [-0.2, 0) is 11.3 Å². The van der Waals surface area contributed by atoms with Crippen LogP contribution in [0, 0.1) is 0 Å². The molecule has 1 saturated heterocycles. The molecule has 3 rings (SSSR count). The first-order chi connectivity index (χ1) is 10.2. The van der Waals surface area contributed by atoms with E-state index in [0.717, 1.165) is 50.1 Å². The third kappa shape index (κ3) is 2.55. The summed E-state index contributed by atoms with van der Waals surface area (Å²) in [4.78, 5) is 18.7. The maximum atomic E-state index is 11.9. The average Bonchev–Trinajstić information content (AvgIpc) is 3.09. The van der Waals surface area contributed by atoms with Gasteiger partial charge in [-0.1, -0.05) is 25.5 Å². The molecule has 1 aromatic heterocycles. The number of nitrogens with zero attached hydrogens (tertiary/aromatic N) is 3. The third-order valence-corrected chi connectivity index (χ3v) is 4.37. The van der Waals surface area contributed by atoms with Crippen LogP contribution in [0.2, 0.25) is 0 Å². The highest BCUT2D eigenvalue weighted by atomic mass is 16.2. The Morgan fingerprint density at radius 1 is 1.38 bits per heavy atom. The molecule has 1 fully saturated rings. The van der Waals surface area contributed by atoms with Crippen molar-refractivity contribution in [1.29, 1.82) is 0 Å². The highest BCUT2D eigenvalue weighted by Gasteiger charge is 2.31. The molecule has 1 aliphatic rings. The van der Waals surface area contributed by atoms with Crippen LogP contribution < -0.4 is 0 Å². The number of hydrogen-bond donors (Lipinski definition) is 0. The number of hydrogen-bond acceptors (Lipinski definition) is 2. The van der Waals surface area contributed by atoms with Crippen LogP contribution >= 0.6 is 0 Å². The Kier molecular flexibility index (Phi) is 3.95. The monoisotopic (exact) mass is 285 g/mol. The van der Waals surface area contributed by atoms with Crippen LogP contribution in [0.15, 0.2) is 24.3 Å². The molecule has 21 heavy (non-hydrogen) atoms. The van der Waals surface area contributed by atoms with Crippen LogP contribution in [0.25, 0.3) is 11.0 Å². The zero-order valence-electron chi connectivity index (χ0n) is 12.9. The molecule has 4 heteroatoms. The van der Waals surface area contributed by atoms with Gasteiger partial charge in [-0.25, -0.2) is 4.98 Å². The lowest BCUT2D eigenvalue weighted by Crippen LogP contribution is -2.29. The molecular weight excluding hydrogens is 262 g/mol. The van der Waals surface area contributed by atoms with Crippen LogP contribution in [0.4, 0.5) is 0 Å². The van der Waals surface area contributed by atoms with Crippen molar-refractivity contribution < 1.29 is 4.79 Å². The first kappa shape index (κ1) is 14.1. The zero-order chi connectivity index (χ0) is 14.8. The van der Waals surface area contributed by atoms with E-state index in [0.29, 0.717) is 0 Å². The number of aromatic nitrogens is 2. The van der Waals surface area contributed by atoms with E-state index in [9.17, 15) is 4.79 Å². The zero-order valence-corrected chi connectivity index (χ0v) is 12.9. The number of rotatable bonds is 4. The first-order valence-corrected chi connectivity index (χ1v) is 7.94. The van der Waals surface area contributed by atoms with E-state index < -0.39 is 0 Å². The number of para-hydroxylation sites is 2. The summed E-state index contributed by atoms with van der Waals surface area (Å²) in [5, 5.41) is 0. The Morgan fingerprint density at radius 2 is 2.19 bits per heavy atom. The van der Waals surface area contributed by atoms with Crippen molar-refractivity contribution in [3.05, 3.63) is 30.1 Å². The van der Waals surface area contributed by atoms with Crippen molar-refractivity contribution in [2.45, 2.75) is 52.1 Å². The lowest BCUT2D eigenvalue weighted by atomic mass is 10.2. The van der Waals surface area contributed by atoms with Crippen molar-refractivity contribution in [1.82, 2.24) is 14.5 Å². The molecule has 0 aliphatic carbocycles. The van der Waals surface area contributed by atoms with Crippen LogP contribution in [-0.4, -0.2) is 26.9 Å². The fourth-order valence-corrected chi connectivity index (χ4v) is 3.31. The number of benzene rings is 1. The molecule has 0 saturated carbocycles. The topological polar surface area (TPSA) is 38.1 Å². The van der Waals surface area contributed by atoms with E-state index in [-0.39, 0.29) is 11.9 Å². The molecule has 112 valence electrons. The Balaban J connectivity index is 2.06. The van der Waals surface area contributed by atoms with Crippen molar-refractivity contribution in [2.75, 3.05) is 6.54 Å². The maximum absolute atomic E-state index is 11.9. The van der Waals surface area contributed by atoms with Crippen molar-refractivity contribution in [2.24, 2.45) is 0 Å². The van der Waals surface area contributed by atoms with E-state index >= 15 is 0 Å². The Bertz CT molecular complexity index is 647. The van der Waals surface area contributed by atoms with Gasteiger partial charge in [-0.05, 0) is 31.4 Å². The lowest BCUT2D eigenvalue weighted by molar-refractivity contribution is -0.129. The van der Waals surface area contributed by atoms with Gasteiger partial charge in [0.05, 0.1) is 17.1 Å². The van der Waals surface area contributed by atoms with Gasteiger partial charge in [0.1, 0.15) is 5.82 Å². The maximum Gasteiger partial charge on any atom is 0.220 e. The quantitative estimate of drug-likeness (QED) is 0.862. The van der Waals surface area contributed by atoms with Crippen molar-refractivity contribution in [3.8, 4) is 0 Å². The van der Waals surface area contributed by atoms with Crippen LogP contribution in [0.1, 0.15) is 51.4 Å². The molecule has 2 heterocycles. The average molecular weight is 285 g/mol. The van der Waals surface area contributed by atoms with Gasteiger partial charge >= 0.3 is 0 Å². The van der Waals surface area contributed by atoms with E-state index in [1.165, 1.54) is 5.52 Å². The van der Waals surface area contributed by atoms with Crippen LogP contribution in [0.5, 0.6) is 0 Å². The summed E-state index contributed by atoms with van der Waals surface area (Å²) in [5.74, 6) is 1.23. The van der Waals surface area contributed by atoms with Gasteiger partial charge in [0.2, 0.25) is 5.91 Å². The second kappa shape index (κ2) is 5.88. The summed E-state index contributed by atoms with van der Waals surface area (Å²) in [7, 11) is 0. The van der Waals surface area contributed by atoms with Crippen molar-refractivity contribution >= 4 is 16.9 Å². The SMILES string of the molecule is CCCCn1c([C@@H]2CCCN2C(C)=O)nc2ccccc21. The summed E-state index contributed by atoms with van der Waals surface area (Å²) in [6.07, 6.45) is 4.39. The Hall–Kier alpha value is -1.84. The third-order valence-electron chi connectivity index (χ3n) is 4.37. The summed E-state index contributed by atoms with van der Waals surface area (Å²) >= 11 is 0. The largest absolute Gasteiger partial charge is 0.333 e. The first-order valence-electron chi connectivity index (χ1n) is 7.94. The normalized spacial score (nSPS) is 18.6. The standard InChI is InChI=1S/C17H23N3O/c1-3-4-11-20-15-9-6-5-8-14(15)18-17(20)16-10-7-12-19(16)13(2)21/h5-6,8-9,16H,3-4,7,10-12H2,1-2H3/t16-/m0/s1. The minimum atomic E-state index is 0.145. The van der Waals surface area contributed by atoms with E-state index in [1.807, 2.05) is 11.0 Å².